The van der Waals surface area contributed by atoms with Crippen molar-refractivity contribution in [1.82, 2.24) is 4.98 Å². The van der Waals surface area contributed by atoms with E-state index in [9.17, 15) is 0 Å². The Morgan fingerprint density at radius 2 is 1.61 bits per heavy atom. The van der Waals surface area contributed by atoms with Crippen molar-refractivity contribution in [3.05, 3.63) is 63.5 Å². The van der Waals surface area contributed by atoms with Crippen LogP contribution in [0.4, 0.5) is 0 Å². The molecule has 0 radical (unpaired) electrons. The summed E-state index contributed by atoms with van der Waals surface area (Å²) in [7, 11) is 0. The van der Waals surface area contributed by atoms with Crippen molar-refractivity contribution in [2.24, 2.45) is 0 Å². The summed E-state index contributed by atoms with van der Waals surface area (Å²) in [4.78, 5) is 4.70. The zero-order valence-electron chi connectivity index (χ0n) is 9.40. The molecule has 2 aromatic carbocycles. The third-order valence-electron chi connectivity index (χ3n) is 2.79. The zero-order chi connectivity index (χ0) is 12.5. The molecule has 0 aliphatic carbocycles. The Morgan fingerprint density at radius 3 is 2.39 bits per heavy atom. The van der Waals surface area contributed by atoms with Gasteiger partial charge in [-0.25, -0.2) is 4.98 Å². The van der Waals surface area contributed by atoms with Gasteiger partial charge >= 0.3 is 0 Å². The van der Waals surface area contributed by atoms with E-state index in [0.29, 0.717) is 0 Å². The number of halogens is 2. The Morgan fingerprint density at radius 1 is 0.833 bits per heavy atom. The average molecular weight is 363 g/mol. The van der Waals surface area contributed by atoms with Gasteiger partial charge in [0.25, 0.3) is 0 Å². The van der Waals surface area contributed by atoms with Gasteiger partial charge in [0.15, 0.2) is 0 Å². The normalized spacial score (nSPS) is 10.8. The Hall–Kier alpha value is -1.19. The summed E-state index contributed by atoms with van der Waals surface area (Å²) >= 11 is 7.10. The molecule has 1 heterocycles. The van der Waals surface area contributed by atoms with E-state index in [4.69, 9.17) is 4.98 Å². The molecule has 1 nitrogen and oxygen atoms in total. The first-order valence-corrected chi connectivity index (χ1v) is 7.14. The minimum atomic E-state index is 0.984. The fourth-order valence-electron chi connectivity index (χ4n) is 1.91. The highest BCUT2D eigenvalue weighted by Gasteiger charge is 2.05. The van der Waals surface area contributed by atoms with Crippen LogP contribution >= 0.6 is 31.9 Å². The number of benzene rings is 2. The van der Waals surface area contributed by atoms with Gasteiger partial charge in [-0.05, 0) is 24.3 Å². The Labute approximate surface area is 122 Å². The highest BCUT2D eigenvalue weighted by Crippen LogP contribution is 2.30. The standard InChI is InChI=1S/C15H9Br2N/c16-11-6-7-14-12(8-11)13(17)9-15(18-14)10-4-2-1-3-5-10/h1-9H. The average Bonchev–Trinajstić information content (AvgIpc) is 2.40. The smallest absolute Gasteiger partial charge is 0.0721 e. The van der Waals surface area contributed by atoms with Crippen LogP contribution in [0.2, 0.25) is 0 Å². The zero-order valence-corrected chi connectivity index (χ0v) is 12.6. The first-order chi connectivity index (χ1) is 8.74. The van der Waals surface area contributed by atoms with Gasteiger partial charge in [-0.1, -0.05) is 62.2 Å². The van der Waals surface area contributed by atoms with Crippen LogP contribution in [0.5, 0.6) is 0 Å². The molecule has 0 spiro atoms. The number of hydrogen-bond acceptors (Lipinski definition) is 1. The Balaban J connectivity index is 2.25. The maximum Gasteiger partial charge on any atom is 0.0721 e. The minimum absolute atomic E-state index is 0.984. The van der Waals surface area contributed by atoms with E-state index in [1.165, 1.54) is 0 Å². The van der Waals surface area contributed by atoms with Gasteiger partial charge in [0.2, 0.25) is 0 Å². The van der Waals surface area contributed by atoms with Gasteiger partial charge in [0, 0.05) is 19.9 Å². The number of rotatable bonds is 1. The topological polar surface area (TPSA) is 12.9 Å². The van der Waals surface area contributed by atoms with Gasteiger partial charge < -0.3 is 0 Å². The summed E-state index contributed by atoms with van der Waals surface area (Å²) in [6.45, 7) is 0. The molecule has 18 heavy (non-hydrogen) atoms. The van der Waals surface area contributed by atoms with E-state index in [1.54, 1.807) is 0 Å². The summed E-state index contributed by atoms with van der Waals surface area (Å²) in [6.07, 6.45) is 0. The van der Waals surface area contributed by atoms with Crippen molar-refractivity contribution in [2.75, 3.05) is 0 Å². The minimum Gasteiger partial charge on any atom is -0.248 e. The molecule has 0 saturated heterocycles. The number of pyridine rings is 1. The molecule has 0 atom stereocenters. The van der Waals surface area contributed by atoms with Crippen LogP contribution in [0.1, 0.15) is 0 Å². The molecule has 0 aliphatic rings. The second-order valence-electron chi connectivity index (χ2n) is 4.02. The predicted octanol–water partition coefficient (Wildman–Crippen LogP) is 5.43. The first-order valence-electron chi connectivity index (χ1n) is 5.55. The van der Waals surface area contributed by atoms with Crippen molar-refractivity contribution in [2.45, 2.75) is 0 Å². The molecule has 88 valence electrons. The van der Waals surface area contributed by atoms with E-state index in [0.717, 1.165) is 31.1 Å². The molecule has 3 heteroatoms. The summed E-state index contributed by atoms with van der Waals surface area (Å²) in [5.74, 6) is 0. The molecular formula is C15H9Br2N. The van der Waals surface area contributed by atoms with Crippen LogP contribution < -0.4 is 0 Å². The van der Waals surface area contributed by atoms with Crippen molar-refractivity contribution in [3.8, 4) is 11.3 Å². The molecule has 0 fully saturated rings. The predicted molar refractivity (Wildman–Crippen MR) is 82.6 cm³/mol. The number of aromatic nitrogens is 1. The van der Waals surface area contributed by atoms with Crippen molar-refractivity contribution < 1.29 is 0 Å². The van der Waals surface area contributed by atoms with Gasteiger partial charge in [-0.15, -0.1) is 0 Å². The highest BCUT2D eigenvalue weighted by atomic mass is 79.9. The molecular weight excluding hydrogens is 354 g/mol. The summed E-state index contributed by atoms with van der Waals surface area (Å²) in [5, 5.41) is 1.11. The van der Waals surface area contributed by atoms with Crippen LogP contribution in [-0.4, -0.2) is 4.98 Å². The molecule has 0 N–H and O–H groups in total. The second-order valence-corrected chi connectivity index (χ2v) is 5.79. The molecule has 0 bridgehead atoms. The third kappa shape index (κ3) is 2.20. The second kappa shape index (κ2) is 4.82. The quantitative estimate of drug-likeness (QED) is 0.562. The Kier molecular flexibility index (Phi) is 3.18. The lowest BCUT2D eigenvalue weighted by molar-refractivity contribution is 1.39. The van der Waals surface area contributed by atoms with Gasteiger partial charge in [0.1, 0.15) is 0 Å². The van der Waals surface area contributed by atoms with Crippen LogP contribution in [-0.2, 0) is 0 Å². The third-order valence-corrected chi connectivity index (χ3v) is 3.94. The number of fused-ring (bicyclic) bond motifs is 1. The van der Waals surface area contributed by atoms with Crippen molar-refractivity contribution >= 4 is 42.8 Å². The largest absolute Gasteiger partial charge is 0.248 e. The lowest BCUT2D eigenvalue weighted by atomic mass is 10.1. The summed E-state index contributed by atoms with van der Waals surface area (Å²) < 4.78 is 2.12. The van der Waals surface area contributed by atoms with Crippen molar-refractivity contribution in [1.29, 1.82) is 0 Å². The van der Waals surface area contributed by atoms with Gasteiger partial charge in [0.05, 0.1) is 11.2 Å². The first kappa shape index (κ1) is 11.9. The Bertz CT molecular complexity index is 708. The van der Waals surface area contributed by atoms with Crippen LogP contribution in [0.3, 0.4) is 0 Å². The molecule has 0 unspecified atom stereocenters. The molecule has 0 amide bonds. The molecule has 0 aliphatic heterocycles. The lowest BCUT2D eigenvalue weighted by Gasteiger charge is -2.06. The maximum absolute atomic E-state index is 4.70. The monoisotopic (exact) mass is 361 g/mol. The number of nitrogens with zero attached hydrogens (tertiary/aromatic N) is 1. The van der Waals surface area contributed by atoms with Crippen LogP contribution in [0.15, 0.2) is 63.5 Å². The van der Waals surface area contributed by atoms with E-state index >= 15 is 0 Å². The van der Waals surface area contributed by atoms with E-state index in [-0.39, 0.29) is 0 Å². The summed E-state index contributed by atoms with van der Waals surface area (Å²) in [5.41, 5.74) is 3.10. The van der Waals surface area contributed by atoms with Crippen LogP contribution in [0, 0.1) is 0 Å². The maximum atomic E-state index is 4.70. The van der Waals surface area contributed by atoms with Crippen molar-refractivity contribution in [3.63, 3.8) is 0 Å². The fourth-order valence-corrected chi connectivity index (χ4v) is 2.81. The molecule has 3 rings (SSSR count). The molecule has 1 aromatic heterocycles. The van der Waals surface area contributed by atoms with E-state index in [2.05, 4.69) is 56.1 Å². The SMILES string of the molecule is Brc1ccc2nc(-c3ccccc3)cc(Br)c2c1. The van der Waals surface area contributed by atoms with E-state index in [1.807, 2.05) is 30.3 Å². The van der Waals surface area contributed by atoms with E-state index < -0.39 is 0 Å². The lowest BCUT2D eigenvalue weighted by Crippen LogP contribution is -1.86. The molecule has 3 aromatic rings. The molecule has 0 saturated carbocycles. The van der Waals surface area contributed by atoms with Gasteiger partial charge in [-0.3, -0.25) is 0 Å². The number of hydrogen-bond donors (Lipinski definition) is 0. The van der Waals surface area contributed by atoms with Crippen LogP contribution in [0.25, 0.3) is 22.2 Å². The van der Waals surface area contributed by atoms with Gasteiger partial charge in [-0.2, -0.15) is 0 Å². The fraction of sp³-hybridized carbons (Fsp3) is 0. The summed E-state index contributed by atoms with van der Waals surface area (Å²) in [6, 6.07) is 18.4. The highest BCUT2D eigenvalue weighted by molar-refractivity contribution is 9.11.